The Hall–Kier alpha value is -4.59. The van der Waals surface area contributed by atoms with Crippen molar-refractivity contribution in [1.82, 2.24) is 0 Å². The average Bonchev–Trinajstić information content (AvgIpc) is 2.94. The molecule has 0 aliphatic rings. The fourth-order valence-electron chi connectivity index (χ4n) is 3.66. The van der Waals surface area contributed by atoms with Crippen LogP contribution < -0.4 is 33.7 Å². The van der Waals surface area contributed by atoms with Crippen molar-refractivity contribution in [1.29, 1.82) is 0 Å². The zero-order valence-corrected chi connectivity index (χ0v) is 21.8. The molecule has 3 rings (SSSR count). The molecule has 0 bridgehead atoms. The number of ketones is 1. The Labute approximate surface area is 217 Å². The molecule has 0 atom stereocenters. The van der Waals surface area contributed by atoms with Crippen molar-refractivity contribution < 1.29 is 33.2 Å². The molecule has 8 nitrogen and oxygen atoms in total. The minimum Gasteiger partial charge on any atom is -0.497 e. The molecule has 0 aliphatic carbocycles. The maximum atomic E-state index is 12.6. The average molecular weight is 506 g/mol. The second kappa shape index (κ2) is 12.9. The molecule has 194 valence electrons. The Morgan fingerprint density at radius 1 is 0.676 bits per heavy atom. The molecule has 0 aromatic heterocycles. The maximum absolute atomic E-state index is 12.6. The Balaban J connectivity index is 1.89. The van der Waals surface area contributed by atoms with Crippen LogP contribution in [0.1, 0.15) is 21.5 Å². The largest absolute Gasteiger partial charge is 0.497 e. The number of hydrogen-bond acceptors (Lipinski definition) is 8. The van der Waals surface area contributed by atoms with Crippen LogP contribution in [0.15, 0.2) is 60.8 Å². The van der Waals surface area contributed by atoms with Gasteiger partial charge in [0, 0.05) is 17.8 Å². The molecule has 0 heterocycles. The van der Waals surface area contributed by atoms with E-state index in [2.05, 4.69) is 5.32 Å². The Kier molecular flexibility index (Phi) is 9.43. The molecule has 0 fully saturated rings. The van der Waals surface area contributed by atoms with Crippen molar-refractivity contribution in [2.24, 2.45) is 0 Å². The van der Waals surface area contributed by atoms with E-state index < -0.39 is 0 Å². The molecule has 1 N–H and O–H groups in total. The third kappa shape index (κ3) is 6.55. The molecule has 37 heavy (non-hydrogen) atoms. The van der Waals surface area contributed by atoms with Crippen molar-refractivity contribution >= 4 is 23.6 Å². The van der Waals surface area contributed by atoms with Gasteiger partial charge in [-0.25, -0.2) is 0 Å². The van der Waals surface area contributed by atoms with Gasteiger partial charge in [0.05, 0.1) is 48.3 Å². The Bertz CT molecular complexity index is 1270. The van der Waals surface area contributed by atoms with E-state index in [9.17, 15) is 4.79 Å². The number of anilines is 1. The molecule has 0 amide bonds. The summed E-state index contributed by atoms with van der Waals surface area (Å²) in [7, 11) is 9.39. The Morgan fingerprint density at radius 3 is 1.78 bits per heavy atom. The molecular weight excluding hydrogens is 474 g/mol. The summed E-state index contributed by atoms with van der Waals surface area (Å²) in [5.74, 6) is 3.12. The first kappa shape index (κ1) is 27.0. The van der Waals surface area contributed by atoms with Gasteiger partial charge in [0.25, 0.3) is 0 Å². The summed E-state index contributed by atoms with van der Waals surface area (Å²) in [6.07, 6.45) is 6.83. The smallest absolute Gasteiger partial charge is 0.203 e. The Morgan fingerprint density at radius 2 is 1.24 bits per heavy atom. The predicted octanol–water partition coefficient (Wildman–Crippen LogP) is 5.72. The third-order valence-corrected chi connectivity index (χ3v) is 5.48. The van der Waals surface area contributed by atoms with Gasteiger partial charge >= 0.3 is 0 Å². The third-order valence-electron chi connectivity index (χ3n) is 5.48. The van der Waals surface area contributed by atoms with Crippen LogP contribution in [0.3, 0.4) is 0 Å². The van der Waals surface area contributed by atoms with Crippen molar-refractivity contribution in [3.05, 3.63) is 77.5 Å². The number of allylic oxidation sites excluding steroid dienone is 1. The van der Waals surface area contributed by atoms with Crippen LogP contribution in [-0.2, 0) is 0 Å². The quantitative estimate of drug-likeness (QED) is 0.190. The summed E-state index contributed by atoms with van der Waals surface area (Å²) in [5, 5.41) is 3.13. The second-order valence-electron chi connectivity index (χ2n) is 7.67. The summed E-state index contributed by atoms with van der Waals surface area (Å²) in [4.78, 5) is 12.6. The topological polar surface area (TPSA) is 84.5 Å². The highest BCUT2D eigenvalue weighted by Crippen LogP contribution is 2.40. The van der Waals surface area contributed by atoms with Gasteiger partial charge in [0.1, 0.15) is 5.75 Å². The number of carbonyl (C=O) groups is 1. The predicted molar refractivity (Wildman–Crippen MR) is 145 cm³/mol. The molecular formula is C29H31NO7. The van der Waals surface area contributed by atoms with E-state index in [1.165, 1.54) is 6.08 Å². The lowest BCUT2D eigenvalue weighted by molar-refractivity contribution is 0.104. The van der Waals surface area contributed by atoms with Crippen molar-refractivity contribution in [3.63, 3.8) is 0 Å². The van der Waals surface area contributed by atoms with Gasteiger partial charge in [0.15, 0.2) is 28.8 Å². The van der Waals surface area contributed by atoms with Crippen LogP contribution in [0.25, 0.3) is 12.2 Å². The van der Waals surface area contributed by atoms with Gasteiger partial charge < -0.3 is 33.7 Å². The first-order valence-electron chi connectivity index (χ1n) is 11.3. The van der Waals surface area contributed by atoms with Crippen LogP contribution in [0, 0.1) is 0 Å². The molecule has 0 saturated carbocycles. The van der Waals surface area contributed by atoms with E-state index in [1.807, 2.05) is 36.4 Å². The van der Waals surface area contributed by atoms with Crippen LogP contribution in [0.4, 0.5) is 5.69 Å². The van der Waals surface area contributed by atoms with E-state index in [0.717, 1.165) is 11.1 Å². The number of ether oxygens (including phenoxy) is 6. The molecule has 0 aliphatic heterocycles. The summed E-state index contributed by atoms with van der Waals surface area (Å²) >= 11 is 0. The summed E-state index contributed by atoms with van der Waals surface area (Å²) in [6.45, 7) is 0. The van der Waals surface area contributed by atoms with E-state index in [1.54, 1.807) is 73.1 Å². The lowest BCUT2D eigenvalue weighted by Crippen LogP contribution is -2.00. The fourth-order valence-corrected chi connectivity index (χ4v) is 3.66. The standard InChI is InChI=1S/C29H31NO7/c1-32-22-9-7-8-21(18-22)24(31)12-13-30-23-14-19(15-25(33-2)28(23)36-5)10-11-20-16-26(34-3)29(37-6)27(17-20)35-4/h7-18,30H,1-6H3. The first-order valence-corrected chi connectivity index (χ1v) is 11.3. The molecule has 0 saturated heterocycles. The van der Waals surface area contributed by atoms with Crippen LogP contribution >= 0.6 is 0 Å². The molecule has 0 spiro atoms. The normalized spacial score (nSPS) is 10.9. The maximum Gasteiger partial charge on any atom is 0.203 e. The van der Waals surface area contributed by atoms with Crippen LogP contribution in [-0.4, -0.2) is 48.4 Å². The second-order valence-corrected chi connectivity index (χ2v) is 7.67. The summed E-state index contributed by atoms with van der Waals surface area (Å²) in [6, 6.07) is 14.4. The van der Waals surface area contributed by atoms with Crippen molar-refractivity contribution in [3.8, 4) is 34.5 Å². The number of nitrogens with one attached hydrogen (secondary N) is 1. The molecule has 0 unspecified atom stereocenters. The summed E-state index contributed by atoms with van der Waals surface area (Å²) < 4.78 is 32.5. The van der Waals surface area contributed by atoms with E-state index in [4.69, 9.17) is 28.4 Å². The van der Waals surface area contributed by atoms with Gasteiger partial charge in [-0.05, 0) is 47.5 Å². The summed E-state index contributed by atoms with van der Waals surface area (Å²) in [5.41, 5.74) is 2.83. The zero-order chi connectivity index (χ0) is 26.8. The molecule has 3 aromatic rings. The van der Waals surface area contributed by atoms with Gasteiger partial charge in [-0.1, -0.05) is 24.3 Å². The minimum absolute atomic E-state index is 0.171. The van der Waals surface area contributed by atoms with E-state index >= 15 is 0 Å². The van der Waals surface area contributed by atoms with Gasteiger partial charge in [-0.3, -0.25) is 4.79 Å². The fraction of sp³-hybridized carbons (Fsp3) is 0.207. The lowest BCUT2D eigenvalue weighted by Gasteiger charge is -2.14. The van der Waals surface area contributed by atoms with E-state index in [-0.39, 0.29) is 5.78 Å². The first-order chi connectivity index (χ1) is 18.0. The van der Waals surface area contributed by atoms with E-state index in [0.29, 0.717) is 45.7 Å². The number of rotatable bonds is 12. The number of hydrogen-bond donors (Lipinski definition) is 1. The highest BCUT2D eigenvalue weighted by molar-refractivity contribution is 6.04. The van der Waals surface area contributed by atoms with Crippen molar-refractivity contribution in [2.45, 2.75) is 0 Å². The minimum atomic E-state index is -0.171. The lowest BCUT2D eigenvalue weighted by atomic mass is 10.1. The highest BCUT2D eigenvalue weighted by Gasteiger charge is 2.13. The van der Waals surface area contributed by atoms with Gasteiger partial charge in [-0.15, -0.1) is 0 Å². The number of methoxy groups -OCH3 is 6. The zero-order valence-electron chi connectivity index (χ0n) is 21.8. The SMILES string of the molecule is COc1cccc(C(=O)C=CNc2cc(C=Cc3cc(OC)c(OC)c(OC)c3)cc(OC)c2OC)c1. The number of carbonyl (C=O) groups excluding carboxylic acids is 1. The molecule has 0 radical (unpaired) electrons. The van der Waals surface area contributed by atoms with Crippen LogP contribution in [0.2, 0.25) is 0 Å². The van der Waals surface area contributed by atoms with Crippen LogP contribution in [0.5, 0.6) is 34.5 Å². The molecule has 3 aromatic carbocycles. The molecule has 8 heteroatoms. The van der Waals surface area contributed by atoms with Crippen molar-refractivity contribution in [2.75, 3.05) is 48.0 Å². The van der Waals surface area contributed by atoms with Gasteiger partial charge in [-0.2, -0.15) is 0 Å². The number of benzene rings is 3. The highest BCUT2D eigenvalue weighted by atomic mass is 16.5. The van der Waals surface area contributed by atoms with Gasteiger partial charge in [0.2, 0.25) is 5.75 Å². The monoisotopic (exact) mass is 505 g/mol.